The number of primary amides is 1. The molecular weight excluding hydrogens is 180 g/mol. The topological polar surface area (TPSA) is 83.8 Å². The molecule has 1 aliphatic heterocycles. The highest BCUT2D eigenvalue weighted by atomic mass is 16.1. The zero-order valence-electron chi connectivity index (χ0n) is 7.92. The van der Waals surface area contributed by atoms with Crippen LogP contribution in [-0.2, 0) is 0 Å². The summed E-state index contributed by atoms with van der Waals surface area (Å²) < 4.78 is 0. The summed E-state index contributed by atoms with van der Waals surface area (Å²) in [5, 5.41) is 10.0. The van der Waals surface area contributed by atoms with Gasteiger partial charge in [-0.05, 0) is 25.9 Å². The standard InChI is InChI=1S/C9H14N4O/c10-9(14)7-5-12-13-8(7)6-1-3-11-4-2-6/h5-6,11H,1-4H2,(H2,10,14)(H,12,13). The first-order valence-corrected chi connectivity index (χ1v) is 4.83. The molecule has 0 atom stereocenters. The van der Waals surface area contributed by atoms with Crippen LogP contribution in [0.2, 0.25) is 0 Å². The fourth-order valence-corrected chi connectivity index (χ4v) is 1.91. The molecule has 76 valence electrons. The molecule has 0 unspecified atom stereocenters. The molecule has 14 heavy (non-hydrogen) atoms. The third kappa shape index (κ3) is 1.63. The van der Waals surface area contributed by atoms with Crippen molar-refractivity contribution in [3.05, 3.63) is 17.5 Å². The normalized spacial score (nSPS) is 18.3. The average Bonchev–Trinajstić information content (AvgIpc) is 2.67. The van der Waals surface area contributed by atoms with Gasteiger partial charge in [0.05, 0.1) is 17.5 Å². The minimum Gasteiger partial charge on any atom is -0.365 e. The summed E-state index contributed by atoms with van der Waals surface area (Å²) in [6.45, 7) is 1.98. The first-order valence-electron chi connectivity index (χ1n) is 4.83. The van der Waals surface area contributed by atoms with E-state index in [0.717, 1.165) is 31.6 Å². The van der Waals surface area contributed by atoms with Crippen LogP contribution in [0.15, 0.2) is 6.20 Å². The number of hydrogen-bond acceptors (Lipinski definition) is 3. The van der Waals surface area contributed by atoms with Crippen LogP contribution in [0.25, 0.3) is 0 Å². The number of hydrogen-bond donors (Lipinski definition) is 3. The van der Waals surface area contributed by atoms with Gasteiger partial charge in [-0.25, -0.2) is 0 Å². The van der Waals surface area contributed by atoms with E-state index in [9.17, 15) is 4.79 Å². The summed E-state index contributed by atoms with van der Waals surface area (Å²) in [7, 11) is 0. The second kappa shape index (κ2) is 3.79. The van der Waals surface area contributed by atoms with E-state index in [4.69, 9.17) is 5.73 Å². The summed E-state index contributed by atoms with van der Waals surface area (Å²) in [4.78, 5) is 11.1. The Bertz CT molecular complexity index is 327. The van der Waals surface area contributed by atoms with E-state index in [1.807, 2.05) is 0 Å². The van der Waals surface area contributed by atoms with Crippen molar-refractivity contribution >= 4 is 5.91 Å². The molecule has 5 nitrogen and oxygen atoms in total. The first-order chi connectivity index (χ1) is 6.79. The summed E-state index contributed by atoms with van der Waals surface area (Å²) in [5.74, 6) is -0.00599. The predicted molar refractivity (Wildman–Crippen MR) is 52.0 cm³/mol. The number of rotatable bonds is 2. The lowest BCUT2D eigenvalue weighted by atomic mass is 9.92. The maximum Gasteiger partial charge on any atom is 0.252 e. The Morgan fingerprint density at radius 3 is 2.86 bits per heavy atom. The lowest BCUT2D eigenvalue weighted by Gasteiger charge is -2.21. The third-order valence-corrected chi connectivity index (χ3v) is 2.68. The Hall–Kier alpha value is -1.36. The van der Waals surface area contributed by atoms with Crippen LogP contribution in [0.1, 0.15) is 34.8 Å². The van der Waals surface area contributed by atoms with Gasteiger partial charge in [0.2, 0.25) is 0 Å². The lowest BCUT2D eigenvalue weighted by Crippen LogP contribution is -2.28. The van der Waals surface area contributed by atoms with Gasteiger partial charge in [-0.3, -0.25) is 9.89 Å². The van der Waals surface area contributed by atoms with Gasteiger partial charge < -0.3 is 11.1 Å². The van der Waals surface area contributed by atoms with Crippen LogP contribution < -0.4 is 11.1 Å². The summed E-state index contributed by atoms with van der Waals surface area (Å²) in [6.07, 6.45) is 3.57. The van der Waals surface area contributed by atoms with Crippen LogP contribution in [0.3, 0.4) is 0 Å². The number of H-pyrrole nitrogens is 1. The number of amides is 1. The minimum atomic E-state index is -0.396. The SMILES string of the molecule is NC(=O)c1cn[nH]c1C1CCNCC1. The number of carbonyl (C=O) groups excluding carboxylic acids is 1. The number of aromatic amines is 1. The zero-order chi connectivity index (χ0) is 9.97. The number of nitrogens with zero attached hydrogens (tertiary/aromatic N) is 1. The lowest BCUT2D eigenvalue weighted by molar-refractivity contribution is 0.0998. The monoisotopic (exact) mass is 194 g/mol. The number of aromatic nitrogens is 2. The van der Waals surface area contributed by atoms with E-state index in [1.54, 1.807) is 0 Å². The second-order valence-corrected chi connectivity index (χ2v) is 3.59. The molecular formula is C9H14N4O. The predicted octanol–water partition coefficient (Wildman–Crippen LogP) is -0.0244. The summed E-state index contributed by atoms with van der Waals surface area (Å²) in [5.41, 5.74) is 6.69. The van der Waals surface area contributed by atoms with Crippen molar-refractivity contribution in [3.63, 3.8) is 0 Å². The molecule has 0 aliphatic carbocycles. The van der Waals surface area contributed by atoms with E-state index in [1.165, 1.54) is 6.20 Å². The third-order valence-electron chi connectivity index (χ3n) is 2.68. The summed E-state index contributed by atoms with van der Waals surface area (Å²) in [6, 6.07) is 0. The highest BCUT2D eigenvalue weighted by Crippen LogP contribution is 2.25. The van der Waals surface area contributed by atoms with E-state index in [0.29, 0.717) is 11.5 Å². The fraction of sp³-hybridized carbons (Fsp3) is 0.556. The van der Waals surface area contributed by atoms with Crippen molar-refractivity contribution in [1.82, 2.24) is 15.5 Å². The molecule has 1 fully saturated rings. The van der Waals surface area contributed by atoms with Gasteiger partial charge in [-0.15, -0.1) is 0 Å². The van der Waals surface area contributed by atoms with E-state index in [-0.39, 0.29) is 0 Å². The molecule has 0 aromatic carbocycles. The zero-order valence-corrected chi connectivity index (χ0v) is 7.92. The quantitative estimate of drug-likeness (QED) is 0.618. The molecule has 0 bridgehead atoms. The fourth-order valence-electron chi connectivity index (χ4n) is 1.91. The van der Waals surface area contributed by atoms with E-state index >= 15 is 0 Å². The van der Waals surface area contributed by atoms with Crippen molar-refractivity contribution in [2.75, 3.05) is 13.1 Å². The molecule has 1 aromatic rings. The van der Waals surface area contributed by atoms with Gasteiger partial charge in [0.15, 0.2) is 0 Å². The Morgan fingerprint density at radius 1 is 1.50 bits per heavy atom. The van der Waals surface area contributed by atoms with Crippen molar-refractivity contribution in [2.45, 2.75) is 18.8 Å². The van der Waals surface area contributed by atoms with Gasteiger partial charge >= 0.3 is 0 Å². The number of nitrogens with one attached hydrogen (secondary N) is 2. The average molecular weight is 194 g/mol. The maximum absolute atomic E-state index is 11.1. The molecule has 2 heterocycles. The Kier molecular flexibility index (Phi) is 2.49. The van der Waals surface area contributed by atoms with Gasteiger partial charge in [-0.1, -0.05) is 0 Å². The van der Waals surface area contributed by atoms with Crippen molar-refractivity contribution in [3.8, 4) is 0 Å². The first kappa shape index (κ1) is 9.21. The van der Waals surface area contributed by atoms with Crippen LogP contribution in [0.5, 0.6) is 0 Å². The molecule has 0 saturated carbocycles. The molecule has 4 N–H and O–H groups in total. The van der Waals surface area contributed by atoms with Crippen molar-refractivity contribution in [1.29, 1.82) is 0 Å². The number of nitrogens with two attached hydrogens (primary N) is 1. The van der Waals surface area contributed by atoms with Gasteiger partial charge in [-0.2, -0.15) is 5.10 Å². The molecule has 1 saturated heterocycles. The van der Waals surface area contributed by atoms with Crippen molar-refractivity contribution in [2.24, 2.45) is 5.73 Å². The number of piperidine rings is 1. The van der Waals surface area contributed by atoms with E-state index < -0.39 is 5.91 Å². The van der Waals surface area contributed by atoms with Gasteiger partial charge in [0.1, 0.15) is 0 Å². The van der Waals surface area contributed by atoms with Crippen LogP contribution >= 0.6 is 0 Å². The maximum atomic E-state index is 11.1. The Labute approximate surface area is 82.1 Å². The molecule has 1 aromatic heterocycles. The highest BCUT2D eigenvalue weighted by molar-refractivity contribution is 5.93. The van der Waals surface area contributed by atoms with Crippen LogP contribution in [0.4, 0.5) is 0 Å². The van der Waals surface area contributed by atoms with Crippen LogP contribution in [-0.4, -0.2) is 29.2 Å². The molecule has 2 rings (SSSR count). The molecule has 0 spiro atoms. The van der Waals surface area contributed by atoms with Crippen molar-refractivity contribution < 1.29 is 4.79 Å². The Balaban J connectivity index is 2.21. The second-order valence-electron chi connectivity index (χ2n) is 3.59. The molecule has 0 radical (unpaired) electrons. The number of carbonyl (C=O) groups is 1. The van der Waals surface area contributed by atoms with Gasteiger partial charge in [0.25, 0.3) is 5.91 Å². The molecule has 5 heteroatoms. The Morgan fingerprint density at radius 2 is 2.21 bits per heavy atom. The summed E-state index contributed by atoms with van der Waals surface area (Å²) >= 11 is 0. The molecule has 1 amide bonds. The van der Waals surface area contributed by atoms with E-state index in [2.05, 4.69) is 15.5 Å². The van der Waals surface area contributed by atoms with Crippen LogP contribution in [0, 0.1) is 0 Å². The van der Waals surface area contributed by atoms with Gasteiger partial charge in [0, 0.05) is 5.92 Å². The smallest absolute Gasteiger partial charge is 0.252 e. The molecule has 1 aliphatic rings. The minimum absolute atomic E-state index is 0.390. The highest BCUT2D eigenvalue weighted by Gasteiger charge is 2.21. The largest absolute Gasteiger partial charge is 0.365 e.